The van der Waals surface area contributed by atoms with Crippen molar-refractivity contribution in [3.05, 3.63) is 101 Å². The summed E-state index contributed by atoms with van der Waals surface area (Å²) in [4.78, 5) is 36.0. The molecule has 3 aromatic carbocycles. The normalized spacial score (nSPS) is 13.4. The third-order valence-electron chi connectivity index (χ3n) is 8.07. The molecular formula is C36H37FN2O10S. The van der Waals surface area contributed by atoms with E-state index in [1.54, 1.807) is 18.2 Å². The number of aliphatic hydroxyl groups is 1. The van der Waals surface area contributed by atoms with E-state index in [-0.39, 0.29) is 56.1 Å². The number of carboxylic acids is 1. The number of anilines is 1. The number of ketones is 1. The molecule has 0 saturated heterocycles. The standard InChI is InChI=1S/C36H37FN2O10S/c1-38-35(42)33-28-18-27(23-7-8-23)29(19-32(28)49-34(33)24-9-11-26(37)12-10-24)39(50(2,45)46)13-4-14-47-15-16-48-21-22-5-3-6-25(17-22)30(40)20-31(41)36(43)44/h3,5-6,9-12,17-20,23,41H,4,7-8,13-16,21H2,1-2H3,(H,38,42)(H,43,44). The molecule has 264 valence electrons. The molecule has 0 bridgehead atoms. The number of hydrogen-bond donors (Lipinski definition) is 3. The summed E-state index contributed by atoms with van der Waals surface area (Å²) in [6.07, 6.45) is 3.90. The second-order valence-corrected chi connectivity index (χ2v) is 13.7. The molecule has 0 unspecified atom stereocenters. The van der Waals surface area contributed by atoms with Gasteiger partial charge in [0.25, 0.3) is 5.91 Å². The Labute approximate surface area is 288 Å². The summed E-state index contributed by atoms with van der Waals surface area (Å²) in [7, 11) is -2.22. The fraction of sp³-hybridized carbons (Fsp3) is 0.306. The summed E-state index contributed by atoms with van der Waals surface area (Å²) in [6, 6.07) is 15.5. The van der Waals surface area contributed by atoms with E-state index < -0.39 is 33.4 Å². The number of aliphatic hydroxyl groups excluding tert-OH is 1. The van der Waals surface area contributed by atoms with Crippen molar-refractivity contribution in [1.29, 1.82) is 0 Å². The Kier molecular flexibility index (Phi) is 11.3. The number of sulfonamides is 1. The van der Waals surface area contributed by atoms with Crippen molar-refractivity contribution in [2.75, 3.05) is 44.0 Å². The third-order valence-corrected chi connectivity index (χ3v) is 9.25. The van der Waals surface area contributed by atoms with E-state index in [1.807, 2.05) is 6.07 Å². The van der Waals surface area contributed by atoms with Crippen molar-refractivity contribution in [3.63, 3.8) is 0 Å². The number of benzene rings is 3. The second-order valence-electron chi connectivity index (χ2n) is 11.8. The first-order valence-corrected chi connectivity index (χ1v) is 17.7. The molecule has 0 spiro atoms. The lowest BCUT2D eigenvalue weighted by Gasteiger charge is -2.25. The van der Waals surface area contributed by atoms with Crippen molar-refractivity contribution in [2.45, 2.75) is 31.8 Å². The Bertz CT molecular complexity index is 2040. The zero-order valence-corrected chi connectivity index (χ0v) is 28.3. The van der Waals surface area contributed by atoms with Crippen LogP contribution in [0.5, 0.6) is 0 Å². The van der Waals surface area contributed by atoms with Gasteiger partial charge in [0.15, 0.2) is 5.78 Å². The Morgan fingerprint density at radius 3 is 2.40 bits per heavy atom. The van der Waals surface area contributed by atoms with Crippen LogP contribution in [0.25, 0.3) is 22.3 Å². The lowest BCUT2D eigenvalue weighted by molar-refractivity contribution is -0.135. The van der Waals surface area contributed by atoms with Crippen LogP contribution in [0, 0.1) is 5.82 Å². The first kappa shape index (κ1) is 36.2. The second kappa shape index (κ2) is 15.7. The van der Waals surface area contributed by atoms with Crippen LogP contribution in [0.15, 0.2) is 76.9 Å². The Balaban J connectivity index is 1.23. The number of nitrogens with one attached hydrogen (secondary N) is 1. The number of rotatable bonds is 17. The van der Waals surface area contributed by atoms with E-state index in [0.717, 1.165) is 24.7 Å². The number of carbonyl (C=O) groups is 3. The molecule has 0 radical (unpaired) electrons. The summed E-state index contributed by atoms with van der Waals surface area (Å²) in [5.74, 6) is -3.74. The van der Waals surface area contributed by atoms with Crippen molar-refractivity contribution >= 4 is 44.3 Å². The van der Waals surface area contributed by atoms with Gasteiger partial charge in [-0.2, -0.15) is 0 Å². The average molecular weight is 709 g/mol. The maximum Gasteiger partial charge on any atom is 0.371 e. The molecule has 1 amide bonds. The molecule has 1 saturated carbocycles. The minimum absolute atomic E-state index is 0.126. The average Bonchev–Trinajstić information content (AvgIpc) is 3.86. The van der Waals surface area contributed by atoms with E-state index in [0.29, 0.717) is 45.8 Å². The molecular weight excluding hydrogens is 671 g/mol. The Morgan fingerprint density at radius 1 is 1.02 bits per heavy atom. The molecule has 50 heavy (non-hydrogen) atoms. The van der Waals surface area contributed by atoms with Crippen LogP contribution < -0.4 is 9.62 Å². The number of hydrogen-bond acceptors (Lipinski definition) is 9. The van der Waals surface area contributed by atoms with E-state index in [1.165, 1.54) is 47.8 Å². The molecule has 0 aliphatic heterocycles. The Hall–Kier alpha value is -5.05. The topological polar surface area (TPSA) is 173 Å². The number of ether oxygens (including phenoxy) is 2. The van der Waals surface area contributed by atoms with E-state index in [9.17, 15) is 32.3 Å². The number of aliphatic carboxylic acids is 1. The highest BCUT2D eigenvalue weighted by Crippen LogP contribution is 2.48. The number of halogens is 1. The molecule has 1 fully saturated rings. The summed E-state index contributed by atoms with van der Waals surface area (Å²) >= 11 is 0. The van der Waals surface area contributed by atoms with Crippen LogP contribution in [-0.4, -0.2) is 76.0 Å². The summed E-state index contributed by atoms with van der Waals surface area (Å²) < 4.78 is 58.7. The van der Waals surface area contributed by atoms with Crippen LogP contribution in [-0.2, 0) is 30.9 Å². The number of carbonyl (C=O) groups excluding carboxylic acids is 2. The van der Waals surface area contributed by atoms with Gasteiger partial charge in [-0.05, 0) is 72.7 Å². The number of nitrogens with zero attached hydrogens (tertiary/aromatic N) is 1. The van der Waals surface area contributed by atoms with Crippen molar-refractivity contribution in [1.82, 2.24) is 5.32 Å². The first-order valence-electron chi connectivity index (χ1n) is 15.9. The van der Waals surface area contributed by atoms with Gasteiger partial charge < -0.3 is 29.4 Å². The minimum atomic E-state index is -3.73. The van der Waals surface area contributed by atoms with E-state index in [4.69, 9.17) is 19.0 Å². The van der Waals surface area contributed by atoms with Gasteiger partial charge in [-0.25, -0.2) is 17.6 Å². The van der Waals surface area contributed by atoms with Gasteiger partial charge in [0.2, 0.25) is 15.8 Å². The summed E-state index contributed by atoms with van der Waals surface area (Å²) in [5.41, 5.74) is 3.26. The van der Waals surface area contributed by atoms with Gasteiger partial charge >= 0.3 is 5.97 Å². The zero-order valence-electron chi connectivity index (χ0n) is 27.5. The third kappa shape index (κ3) is 8.75. The highest BCUT2D eigenvalue weighted by molar-refractivity contribution is 7.92. The molecule has 12 nitrogen and oxygen atoms in total. The van der Waals surface area contributed by atoms with Crippen LogP contribution in [0.3, 0.4) is 0 Å². The lowest BCUT2D eigenvalue weighted by Crippen LogP contribution is -2.32. The zero-order chi connectivity index (χ0) is 36.0. The summed E-state index contributed by atoms with van der Waals surface area (Å²) in [5, 5.41) is 21.2. The number of furan rings is 1. The van der Waals surface area contributed by atoms with E-state index in [2.05, 4.69) is 5.32 Å². The molecule has 4 aromatic rings. The maximum atomic E-state index is 13.7. The van der Waals surface area contributed by atoms with Gasteiger partial charge in [-0.15, -0.1) is 0 Å². The highest BCUT2D eigenvalue weighted by Gasteiger charge is 2.33. The molecule has 1 aromatic heterocycles. The minimum Gasteiger partial charge on any atom is -0.502 e. The fourth-order valence-electron chi connectivity index (χ4n) is 5.51. The van der Waals surface area contributed by atoms with E-state index >= 15 is 0 Å². The lowest BCUT2D eigenvalue weighted by atomic mass is 10.0. The Morgan fingerprint density at radius 2 is 1.74 bits per heavy atom. The predicted molar refractivity (Wildman–Crippen MR) is 183 cm³/mol. The monoisotopic (exact) mass is 708 g/mol. The van der Waals surface area contributed by atoms with Gasteiger partial charge in [0.05, 0.1) is 37.3 Å². The molecule has 1 aliphatic carbocycles. The van der Waals surface area contributed by atoms with Crippen LogP contribution in [0.4, 0.5) is 10.1 Å². The molecule has 1 heterocycles. The number of amides is 1. The van der Waals surface area contributed by atoms with Gasteiger partial charge in [0, 0.05) is 48.9 Å². The fourth-order valence-corrected chi connectivity index (χ4v) is 6.49. The molecule has 1 aliphatic rings. The van der Waals surface area contributed by atoms with Crippen LogP contribution >= 0.6 is 0 Å². The number of fused-ring (bicyclic) bond motifs is 1. The maximum absolute atomic E-state index is 13.7. The first-order chi connectivity index (χ1) is 23.9. The van der Waals surface area contributed by atoms with Crippen LogP contribution in [0.2, 0.25) is 0 Å². The van der Waals surface area contributed by atoms with Crippen molar-refractivity contribution in [3.8, 4) is 11.3 Å². The molecule has 5 rings (SSSR count). The predicted octanol–water partition coefficient (Wildman–Crippen LogP) is 5.57. The number of carboxylic acid groups (broad SMARTS) is 1. The SMILES string of the molecule is CNC(=O)c1c(-c2ccc(F)cc2)oc2cc(N(CCCOCCOCc3cccc(C(=O)C=C(O)C(=O)O)c3)S(C)(=O)=O)c(C3CC3)cc12. The smallest absolute Gasteiger partial charge is 0.371 e. The van der Waals surface area contributed by atoms with Crippen LogP contribution in [0.1, 0.15) is 57.0 Å². The van der Waals surface area contributed by atoms with Crippen molar-refractivity contribution < 1.29 is 51.3 Å². The quantitative estimate of drug-likeness (QED) is 0.0545. The largest absolute Gasteiger partial charge is 0.502 e. The van der Waals surface area contributed by atoms with Gasteiger partial charge in [-0.1, -0.05) is 18.2 Å². The van der Waals surface area contributed by atoms with Crippen molar-refractivity contribution in [2.24, 2.45) is 0 Å². The van der Waals surface area contributed by atoms with Gasteiger partial charge in [0.1, 0.15) is 17.2 Å². The number of allylic oxidation sites excluding steroid dienone is 1. The highest BCUT2D eigenvalue weighted by atomic mass is 32.2. The molecule has 14 heteroatoms. The molecule has 0 atom stereocenters. The molecule has 3 N–H and O–H groups in total. The van der Waals surface area contributed by atoms with Gasteiger partial charge in [-0.3, -0.25) is 13.9 Å². The summed E-state index contributed by atoms with van der Waals surface area (Å²) in [6.45, 7) is 0.984.